The monoisotopic (exact) mass is 163 g/mol. The lowest BCUT2D eigenvalue weighted by atomic mass is 10.3. The van der Waals surface area contributed by atoms with Gasteiger partial charge < -0.3 is 4.89 Å². The van der Waals surface area contributed by atoms with Crippen molar-refractivity contribution in [2.45, 2.75) is 19.1 Å². The van der Waals surface area contributed by atoms with Crippen molar-refractivity contribution in [3.63, 3.8) is 0 Å². The maximum atomic E-state index is 10.6. The SMILES string of the molecule is CC1OP(=O)(O)OC1C#N. The first-order chi connectivity index (χ1) is 4.55. The minimum absolute atomic E-state index is 0.624. The molecule has 0 radical (unpaired) electrons. The highest BCUT2D eigenvalue weighted by Crippen LogP contribution is 2.52. The van der Waals surface area contributed by atoms with E-state index in [0.29, 0.717) is 0 Å². The van der Waals surface area contributed by atoms with Crippen molar-refractivity contribution >= 4 is 7.82 Å². The van der Waals surface area contributed by atoms with Gasteiger partial charge in [-0.05, 0) is 6.92 Å². The molecule has 1 fully saturated rings. The molecule has 0 saturated carbocycles. The van der Waals surface area contributed by atoms with Gasteiger partial charge in [-0.2, -0.15) is 5.26 Å². The first-order valence-corrected chi connectivity index (χ1v) is 4.14. The Hall–Kier alpha value is -0.400. The number of rotatable bonds is 0. The minimum Gasteiger partial charge on any atom is -0.302 e. The molecule has 10 heavy (non-hydrogen) atoms. The van der Waals surface area contributed by atoms with Crippen LogP contribution in [0.3, 0.4) is 0 Å². The van der Waals surface area contributed by atoms with Gasteiger partial charge in [0.25, 0.3) is 0 Å². The van der Waals surface area contributed by atoms with Crippen molar-refractivity contribution in [3.8, 4) is 6.07 Å². The summed E-state index contributed by atoms with van der Waals surface area (Å²) < 4.78 is 19.3. The van der Waals surface area contributed by atoms with E-state index in [9.17, 15) is 4.57 Å². The van der Waals surface area contributed by atoms with Gasteiger partial charge in [0.15, 0.2) is 6.10 Å². The molecule has 1 aliphatic rings. The molecule has 3 atom stereocenters. The third kappa shape index (κ3) is 1.36. The Bertz CT molecular complexity index is 222. The quantitative estimate of drug-likeness (QED) is 0.523. The molecular formula is C4H6NO4P. The van der Waals surface area contributed by atoms with Gasteiger partial charge in [-0.15, -0.1) is 0 Å². The number of phosphoric acid groups is 1. The van der Waals surface area contributed by atoms with Gasteiger partial charge >= 0.3 is 7.82 Å². The summed E-state index contributed by atoms with van der Waals surface area (Å²) in [5, 5.41) is 8.28. The van der Waals surface area contributed by atoms with Gasteiger partial charge in [0.1, 0.15) is 6.10 Å². The zero-order valence-corrected chi connectivity index (χ0v) is 6.12. The second kappa shape index (κ2) is 2.33. The largest absolute Gasteiger partial charge is 0.473 e. The van der Waals surface area contributed by atoms with Crippen molar-refractivity contribution in [2.75, 3.05) is 0 Å². The lowest BCUT2D eigenvalue weighted by Crippen LogP contribution is -2.15. The first-order valence-electron chi connectivity index (χ1n) is 2.64. The maximum Gasteiger partial charge on any atom is 0.473 e. The molecule has 1 rings (SSSR count). The van der Waals surface area contributed by atoms with Crippen LogP contribution in [0.4, 0.5) is 0 Å². The van der Waals surface area contributed by atoms with E-state index in [0.717, 1.165) is 0 Å². The third-order valence-corrected chi connectivity index (χ3v) is 2.19. The molecule has 5 nitrogen and oxygen atoms in total. The van der Waals surface area contributed by atoms with Crippen LogP contribution >= 0.6 is 7.82 Å². The topological polar surface area (TPSA) is 79.6 Å². The predicted molar refractivity (Wildman–Crippen MR) is 30.9 cm³/mol. The molecule has 0 aliphatic carbocycles. The fourth-order valence-corrected chi connectivity index (χ4v) is 1.73. The van der Waals surface area contributed by atoms with Crippen molar-refractivity contribution in [2.24, 2.45) is 0 Å². The molecule has 1 saturated heterocycles. The number of hydrogen-bond acceptors (Lipinski definition) is 4. The Kier molecular flexibility index (Phi) is 1.80. The van der Waals surface area contributed by atoms with Gasteiger partial charge in [0, 0.05) is 0 Å². The highest BCUT2D eigenvalue weighted by atomic mass is 31.2. The minimum atomic E-state index is -3.89. The van der Waals surface area contributed by atoms with Crippen molar-refractivity contribution in [1.82, 2.24) is 0 Å². The van der Waals surface area contributed by atoms with Crippen molar-refractivity contribution in [1.29, 1.82) is 5.26 Å². The van der Waals surface area contributed by atoms with Crippen LogP contribution in [0.15, 0.2) is 0 Å². The van der Waals surface area contributed by atoms with Crippen LogP contribution in [0.2, 0.25) is 0 Å². The highest BCUT2D eigenvalue weighted by Gasteiger charge is 2.41. The van der Waals surface area contributed by atoms with Crippen LogP contribution in [-0.4, -0.2) is 17.1 Å². The summed E-state index contributed by atoms with van der Waals surface area (Å²) in [5.74, 6) is 0. The van der Waals surface area contributed by atoms with Crippen molar-refractivity contribution in [3.05, 3.63) is 0 Å². The summed E-state index contributed by atoms with van der Waals surface area (Å²) >= 11 is 0. The number of nitrogens with zero attached hydrogens (tertiary/aromatic N) is 1. The molecule has 0 spiro atoms. The lowest BCUT2D eigenvalue weighted by Gasteiger charge is -1.97. The number of phosphoric ester groups is 1. The first kappa shape index (κ1) is 7.70. The molecule has 1 N–H and O–H groups in total. The molecule has 1 aliphatic heterocycles. The van der Waals surface area contributed by atoms with E-state index in [1.807, 2.05) is 0 Å². The highest BCUT2D eigenvalue weighted by molar-refractivity contribution is 7.47. The molecule has 6 heteroatoms. The summed E-state index contributed by atoms with van der Waals surface area (Å²) in [6.45, 7) is 1.50. The average Bonchev–Trinajstić information content (AvgIpc) is 2.05. The zero-order valence-electron chi connectivity index (χ0n) is 5.22. The molecule has 1 heterocycles. The van der Waals surface area contributed by atoms with Crippen molar-refractivity contribution < 1.29 is 18.5 Å². The van der Waals surface area contributed by atoms with E-state index >= 15 is 0 Å². The van der Waals surface area contributed by atoms with E-state index in [1.165, 1.54) is 6.92 Å². The molecule has 0 aromatic rings. The zero-order chi connectivity index (χ0) is 7.78. The Labute approximate surface area is 57.8 Å². The summed E-state index contributed by atoms with van der Waals surface area (Å²) in [7, 11) is -3.89. The molecule has 0 aromatic carbocycles. The Morgan fingerprint density at radius 2 is 2.30 bits per heavy atom. The predicted octanol–water partition coefficient (Wildman–Crippen LogP) is 0.414. The van der Waals surface area contributed by atoms with E-state index in [1.54, 1.807) is 6.07 Å². The summed E-state index contributed by atoms with van der Waals surface area (Å²) in [5.41, 5.74) is 0. The summed E-state index contributed by atoms with van der Waals surface area (Å²) in [6, 6.07) is 1.69. The molecule has 0 bridgehead atoms. The van der Waals surface area contributed by atoms with Crippen LogP contribution in [0, 0.1) is 11.3 Å². The van der Waals surface area contributed by atoms with E-state index < -0.39 is 20.0 Å². The average molecular weight is 163 g/mol. The van der Waals surface area contributed by atoms with Gasteiger partial charge in [-0.3, -0.25) is 9.05 Å². The van der Waals surface area contributed by atoms with Gasteiger partial charge in [0.05, 0.1) is 6.07 Å². The third-order valence-electron chi connectivity index (χ3n) is 1.10. The Morgan fingerprint density at radius 1 is 1.70 bits per heavy atom. The lowest BCUT2D eigenvalue weighted by molar-refractivity contribution is 0.213. The standard InChI is InChI=1S/C4H6NO4P/c1-3-4(2-5)9-10(6,7)8-3/h3-4H,1H3,(H,6,7). The fraction of sp³-hybridized carbons (Fsp3) is 0.750. The van der Waals surface area contributed by atoms with Crippen LogP contribution in [-0.2, 0) is 13.6 Å². The van der Waals surface area contributed by atoms with Gasteiger partial charge in [-0.25, -0.2) is 4.57 Å². The van der Waals surface area contributed by atoms with E-state index in [-0.39, 0.29) is 0 Å². The summed E-state index contributed by atoms with van der Waals surface area (Å²) in [4.78, 5) is 8.63. The molecule has 0 amide bonds. The van der Waals surface area contributed by atoms with E-state index in [4.69, 9.17) is 10.2 Å². The van der Waals surface area contributed by atoms with Gasteiger partial charge in [-0.1, -0.05) is 0 Å². The smallest absolute Gasteiger partial charge is 0.302 e. The molecular weight excluding hydrogens is 157 g/mol. The number of hydrogen-bond donors (Lipinski definition) is 1. The molecule has 3 unspecified atom stereocenters. The molecule has 0 aromatic heterocycles. The number of nitriles is 1. The Morgan fingerprint density at radius 3 is 2.50 bits per heavy atom. The summed E-state index contributed by atoms with van der Waals surface area (Å²) in [6.07, 6.45) is -1.54. The van der Waals surface area contributed by atoms with Crippen LogP contribution < -0.4 is 0 Å². The fourth-order valence-electron chi connectivity index (χ4n) is 0.648. The van der Waals surface area contributed by atoms with Gasteiger partial charge in [0.2, 0.25) is 0 Å². The molecule has 56 valence electrons. The van der Waals surface area contributed by atoms with Crippen LogP contribution in [0.25, 0.3) is 0 Å². The Balaban J connectivity index is 2.73. The normalized spacial score (nSPS) is 46.9. The van der Waals surface area contributed by atoms with Crippen LogP contribution in [0.1, 0.15) is 6.92 Å². The maximum absolute atomic E-state index is 10.6. The van der Waals surface area contributed by atoms with E-state index in [2.05, 4.69) is 9.05 Å². The second-order valence-corrected chi connectivity index (χ2v) is 3.29. The second-order valence-electron chi connectivity index (χ2n) is 1.93. The van der Waals surface area contributed by atoms with Crippen LogP contribution in [0.5, 0.6) is 0 Å².